The van der Waals surface area contributed by atoms with Gasteiger partial charge in [-0.15, -0.1) is 11.3 Å². The number of carbonyl (C=O) groups is 1. The van der Waals surface area contributed by atoms with Gasteiger partial charge in [-0.05, 0) is 30.7 Å². The Balaban J connectivity index is 1.54. The number of carbonyl (C=O) groups excluding carboxylic acids is 1. The minimum atomic E-state index is -0.406. The maximum absolute atomic E-state index is 11.8. The van der Waals surface area contributed by atoms with E-state index in [0.29, 0.717) is 12.3 Å². The van der Waals surface area contributed by atoms with E-state index in [9.17, 15) is 4.79 Å². The van der Waals surface area contributed by atoms with Crippen molar-refractivity contribution in [2.24, 2.45) is 0 Å². The fraction of sp³-hybridized carbons (Fsp3) is 0.125. The molecule has 1 aromatic heterocycles. The maximum atomic E-state index is 11.8. The molecule has 0 saturated heterocycles. The number of nitrogens with one attached hydrogen (secondary N) is 2. The van der Waals surface area contributed by atoms with Crippen LogP contribution in [-0.4, -0.2) is 11.0 Å². The smallest absolute Gasteiger partial charge is 0.306 e. The second-order valence-electron chi connectivity index (χ2n) is 4.75. The van der Waals surface area contributed by atoms with E-state index in [1.54, 1.807) is 11.3 Å². The maximum Gasteiger partial charge on any atom is 0.343 e. The predicted octanol–water partition coefficient (Wildman–Crippen LogP) is 3.86. The van der Waals surface area contributed by atoms with E-state index in [-0.39, 0.29) is 0 Å². The van der Waals surface area contributed by atoms with Crippen LogP contribution < -0.4 is 10.8 Å². The SMILES string of the molecule is Cc1nc2ccc(NC(=O)NOCc3ccccc3)cc2s1. The summed E-state index contributed by atoms with van der Waals surface area (Å²) in [5.74, 6) is 0. The predicted molar refractivity (Wildman–Crippen MR) is 87.7 cm³/mol. The van der Waals surface area contributed by atoms with Crippen molar-refractivity contribution in [3.8, 4) is 0 Å². The summed E-state index contributed by atoms with van der Waals surface area (Å²) in [6.07, 6.45) is 0. The van der Waals surface area contributed by atoms with Crippen LogP contribution in [0.15, 0.2) is 48.5 Å². The first-order valence-electron chi connectivity index (χ1n) is 6.80. The van der Waals surface area contributed by atoms with Gasteiger partial charge in [-0.1, -0.05) is 30.3 Å². The van der Waals surface area contributed by atoms with Crippen molar-refractivity contribution in [3.05, 3.63) is 59.1 Å². The minimum absolute atomic E-state index is 0.321. The van der Waals surface area contributed by atoms with Crippen LogP contribution in [0.1, 0.15) is 10.6 Å². The molecule has 0 aliphatic heterocycles. The number of rotatable bonds is 4. The van der Waals surface area contributed by atoms with Gasteiger partial charge in [0.05, 0.1) is 21.8 Å². The zero-order valence-corrected chi connectivity index (χ0v) is 12.8. The van der Waals surface area contributed by atoms with Crippen LogP contribution in [0.4, 0.5) is 10.5 Å². The van der Waals surface area contributed by atoms with Crippen molar-refractivity contribution in [1.82, 2.24) is 10.5 Å². The number of aromatic nitrogens is 1. The lowest BCUT2D eigenvalue weighted by Gasteiger charge is -2.08. The van der Waals surface area contributed by atoms with Crippen molar-refractivity contribution in [2.75, 3.05) is 5.32 Å². The third kappa shape index (κ3) is 3.60. The molecule has 0 spiro atoms. The van der Waals surface area contributed by atoms with Gasteiger partial charge >= 0.3 is 6.03 Å². The van der Waals surface area contributed by atoms with Crippen molar-refractivity contribution >= 4 is 33.3 Å². The molecule has 0 aliphatic carbocycles. The lowest BCUT2D eigenvalue weighted by molar-refractivity contribution is 0.0536. The summed E-state index contributed by atoms with van der Waals surface area (Å²) in [7, 11) is 0. The highest BCUT2D eigenvalue weighted by molar-refractivity contribution is 7.18. The molecule has 0 bridgehead atoms. The first kappa shape index (κ1) is 14.5. The Morgan fingerprint density at radius 2 is 2.05 bits per heavy atom. The molecule has 0 atom stereocenters. The number of anilines is 1. The largest absolute Gasteiger partial charge is 0.343 e. The highest BCUT2D eigenvalue weighted by Crippen LogP contribution is 2.24. The Hall–Kier alpha value is -2.44. The van der Waals surface area contributed by atoms with Crippen LogP contribution in [0.3, 0.4) is 0 Å². The Morgan fingerprint density at radius 3 is 2.86 bits per heavy atom. The molecular formula is C16H15N3O2S. The third-order valence-electron chi connectivity index (χ3n) is 3.00. The Labute approximate surface area is 131 Å². The number of hydrogen-bond donors (Lipinski definition) is 2. The first-order valence-corrected chi connectivity index (χ1v) is 7.62. The number of hydrogen-bond acceptors (Lipinski definition) is 4. The molecule has 5 nitrogen and oxygen atoms in total. The minimum Gasteiger partial charge on any atom is -0.306 e. The van der Waals surface area contributed by atoms with Crippen LogP contribution >= 0.6 is 11.3 Å². The van der Waals surface area contributed by atoms with E-state index in [0.717, 1.165) is 20.8 Å². The molecule has 2 N–H and O–H groups in total. The summed E-state index contributed by atoms with van der Waals surface area (Å²) in [5.41, 5.74) is 5.00. The number of fused-ring (bicyclic) bond motifs is 1. The number of aryl methyl sites for hydroxylation is 1. The molecule has 0 fully saturated rings. The van der Waals surface area contributed by atoms with E-state index in [1.165, 1.54) is 0 Å². The molecule has 2 aromatic carbocycles. The van der Waals surface area contributed by atoms with Gasteiger partial charge in [-0.2, -0.15) is 0 Å². The first-order chi connectivity index (χ1) is 10.7. The second-order valence-corrected chi connectivity index (χ2v) is 5.98. The summed E-state index contributed by atoms with van der Waals surface area (Å²) in [5, 5.41) is 3.74. The van der Waals surface area contributed by atoms with Gasteiger partial charge in [-0.3, -0.25) is 4.84 Å². The van der Waals surface area contributed by atoms with Crippen LogP contribution in [-0.2, 0) is 11.4 Å². The lowest BCUT2D eigenvalue weighted by atomic mass is 10.2. The average Bonchev–Trinajstić information content (AvgIpc) is 2.87. The standard InChI is InChI=1S/C16H15N3O2S/c1-11-17-14-8-7-13(9-15(14)22-11)18-16(20)19-21-10-12-5-3-2-4-6-12/h2-9H,10H2,1H3,(H2,18,19,20). The fourth-order valence-corrected chi connectivity index (χ4v) is 2.90. The number of benzene rings is 2. The van der Waals surface area contributed by atoms with Crippen molar-refractivity contribution in [2.45, 2.75) is 13.5 Å². The van der Waals surface area contributed by atoms with Crippen molar-refractivity contribution in [3.63, 3.8) is 0 Å². The van der Waals surface area contributed by atoms with Gasteiger partial charge < -0.3 is 5.32 Å². The Bertz CT molecular complexity index is 786. The molecule has 0 unspecified atom stereocenters. The number of urea groups is 1. The van der Waals surface area contributed by atoms with Crippen LogP contribution in [0, 0.1) is 6.92 Å². The van der Waals surface area contributed by atoms with E-state index in [2.05, 4.69) is 15.8 Å². The highest BCUT2D eigenvalue weighted by atomic mass is 32.1. The van der Waals surface area contributed by atoms with Gasteiger partial charge in [0.1, 0.15) is 0 Å². The zero-order valence-electron chi connectivity index (χ0n) is 12.0. The fourth-order valence-electron chi connectivity index (χ4n) is 2.03. The molecule has 22 heavy (non-hydrogen) atoms. The van der Waals surface area contributed by atoms with Crippen molar-refractivity contribution < 1.29 is 9.63 Å². The van der Waals surface area contributed by atoms with Crippen LogP contribution in [0.25, 0.3) is 10.2 Å². The molecular weight excluding hydrogens is 298 g/mol. The number of thiazole rings is 1. The summed E-state index contributed by atoms with van der Waals surface area (Å²) in [6.45, 7) is 2.28. The van der Waals surface area contributed by atoms with Gasteiger partial charge in [0.2, 0.25) is 0 Å². The molecule has 6 heteroatoms. The van der Waals surface area contributed by atoms with Gasteiger partial charge in [0, 0.05) is 5.69 Å². The molecule has 0 radical (unpaired) electrons. The molecule has 1 heterocycles. The van der Waals surface area contributed by atoms with E-state index in [1.807, 2.05) is 55.5 Å². The topological polar surface area (TPSA) is 63.2 Å². The quantitative estimate of drug-likeness (QED) is 0.719. The Morgan fingerprint density at radius 1 is 1.23 bits per heavy atom. The monoisotopic (exact) mass is 313 g/mol. The number of amides is 2. The molecule has 112 valence electrons. The number of hydroxylamine groups is 1. The van der Waals surface area contributed by atoms with E-state index >= 15 is 0 Å². The molecule has 2 amide bonds. The van der Waals surface area contributed by atoms with Crippen molar-refractivity contribution in [1.29, 1.82) is 0 Å². The van der Waals surface area contributed by atoms with E-state index < -0.39 is 6.03 Å². The normalized spacial score (nSPS) is 10.6. The lowest BCUT2D eigenvalue weighted by Crippen LogP contribution is -2.28. The third-order valence-corrected chi connectivity index (χ3v) is 3.93. The molecule has 3 aromatic rings. The highest BCUT2D eigenvalue weighted by Gasteiger charge is 2.05. The zero-order chi connectivity index (χ0) is 15.4. The molecule has 0 aliphatic rings. The second kappa shape index (κ2) is 6.55. The molecule has 0 saturated carbocycles. The van der Waals surface area contributed by atoms with Crippen LogP contribution in [0.5, 0.6) is 0 Å². The van der Waals surface area contributed by atoms with Gasteiger partial charge in [0.15, 0.2) is 0 Å². The van der Waals surface area contributed by atoms with E-state index in [4.69, 9.17) is 4.84 Å². The van der Waals surface area contributed by atoms with Gasteiger partial charge in [-0.25, -0.2) is 15.3 Å². The average molecular weight is 313 g/mol. The summed E-state index contributed by atoms with van der Waals surface area (Å²) in [6, 6.07) is 14.8. The summed E-state index contributed by atoms with van der Waals surface area (Å²) in [4.78, 5) is 21.3. The van der Waals surface area contributed by atoms with Crippen LogP contribution in [0.2, 0.25) is 0 Å². The number of nitrogens with zero attached hydrogens (tertiary/aromatic N) is 1. The summed E-state index contributed by atoms with van der Waals surface area (Å²) < 4.78 is 1.04. The van der Waals surface area contributed by atoms with Gasteiger partial charge in [0.25, 0.3) is 0 Å². The Kier molecular flexibility index (Phi) is 4.32. The summed E-state index contributed by atoms with van der Waals surface area (Å²) >= 11 is 1.59. The molecule has 3 rings (SSSR count).